The van der Waals surface area contributed by atoms with Crippen LogP contribution in [0.2, 0.25) is 0 Å². The van der Waals surface area contributed by atoms with Crippen molar-refractivity contribution in [2.75, 3.05) is 0 Å². The molecule has 0 saturated heterocycles. The number of nitrogens with zero attached hydrogens (tertiary/aromatic N) is 2. The normalized spacial score (nSPS) is 17.9. The monoisotopic (exact) mass is 384 g/mol. The summed E-state index contributed by atoms with van der Waals surface area (Å²) in [7, 11) is 0. The van der Waals surface area contributed by atoms with Crippen LogP contribution < -0.4 is 32.4 Å². The number of fused-ring (bicyclic) bond motifs is 1. The lowest BCUT2D eigenvalue weighted by molar-refractivity contribution is 0.0248. The first-order valence-electron chi connectivity index (χ1n) is 8.17. The molecule has 1 aliphatic rings. The molecule has 0 bridgehead atoms. The molecular formula is C18H20N6O4. The number of hydrogen-bond acceptors (Lipinski definition) is 6. The Morgan fingerprint density at radius 1 is 0.893 bits per heavy atom. The van der Waals surface area contributed by atoms with Gasteiger partial charge in [0.2, 0.25) is 6.23 Å². The number of nitrogens with two attached hydrogens (primary N) is 4. The molecule has 28 heavy (non-hydrogen) atoms. The molecule has 10 heteroatoms. The number of rotatable bonds is 4. The number of phenolic OH excluding ortho intramolecular Hbond substituents is 2. The Kier molecular flexibility index (Phi) is 5.12. The second-order valence-electron chi connectivity index (χ2n) is 5.92. The zero-order valence-corrected chi connectivity index (χ0v) is 14.7. The fraction of sp³-hybridized carbons (Fsp3) is 0.111. The van der Waals surface area contributed by atoms with E-state index in [0.29, 0.717) is 17.1 Å². The Hall–Kier alpha value is -4.08. The fourth-order valence-corrected chi connectivity index (χ4v) is 2.61. The van der Waals surface area contributed by atoms with E-state index >= 15 is 0 Å². The summed E-state index contributed by atoms with van der Waals surface area (Å²) in [4.78, 5) is 7.84. The number of benzene rings is 2. The second kappa shape index (κ2) is 7.66. The summed E-state index contributed by atoms with van der Waals surface area (Å²) in [6, 6.07) is 9.49. The molecule has 0 fully saturated rings. The highest BCUT2D eigenvalue weighted by atomic mass is 16.6. The summed E-state index contributed by atoms with van der Waals surface area (Å²) in [5.41, 5.74) is 22.9. The Morgan fingerprint density at radius 3 is 2.36 bits per heavy atom. The van der Waals surface area contributed by atoms with Crippen molar-refractivity contribution in [1.29, 1.82) is 0 Å². The van der Waals surface area contributed by atoms with Crippen LogP contribution in [0.1, 0.15) is 17.2 Å². The fourth-order valence-electron chi connectivity index (χ4n) is 2.61. The van der Waals surface area contributed by atoms with E-state index in [-0.39, 0.29) is 23.4 Å². The molecule has 0 saturated carbocycles. The van der Waals surface area contributed by atoms with E-state index in [4.69, 9.17) is 32.4 Å². The molecule has 2 aromatic rings. The van der Waals surface area contributed by atoms with Crippen LogP contribution in [0.3, 0.4) is 0 Å². The van der Waals surface area contributed by atoms with Gasteiger partial charge in [0.25, 0.3) is 0 Å². The SMILES string of the molecule is NC(N)=NC=Cc1ccc2c(c1)O[C@H](N=C(N)N)[C@@H](c1ccc(O)c(O)c1)O2. The average molecular weight is 384 g/mol. The molecule has 10 N–H and O–H groups in total. The quantitative estimate of drug-likeness (QED) is 0.249. The van der Waals surface area contributed by atoms with Crippen molar-refractivity contribution in [3.63, 3.8) is 0 Å². The maximum absolute atomic E-state index is 9.78. The third kappa shape index (κ3) is 4.18. The van der Waals surface area contributed by atoms with Gasteiger partial charge < -0.3 is 42.6 Å². The van der Waals surface area contributed by atoms with E-state index in [2.05, 4.69) is 9.98 Å². The van der Waals surface area contributed by atoms with Crippen LogP contribution in [0.4, 0.5) is 0 Å². The van der Waals surface area contributed by atoms with Gasteiger partial charge in [-0.3, -0.25) is 0 Å². The largest absolute Gasteiger partial charge is 0.504 e. The van der Waals surface area contributed by atoms with E-state index in [0.717, 1.165) is 5.56 Å². The third-order valence-electron chi connectivity index (χ3n) is 3.82. The van der Waals surface area contributed by atoms with E-state index in [1.807, 2.05) is 0 Å². The van der Waals surface area contributed by atoms with Crippen LogP contribution in [0.25, 0.3) is 6.08 Å². The highest BCUT2D eigenvalue weighted by Gasteiger charge is 2.33. The Bertz CT molecular complexity index is 965. The number of ether oxygens (including phenoxy) is 2. The van der Waals surface area contributed by atoms with E-state index < -0.39 is 12.3 Å². The van der Waals surface area contributed by atoms with Crippen LogP contribution in [0, 0.1) is 0 Å². The summed E-state index contributed by atoms with van der Waals surface area (Å²) in [6.07, 6.45) is 1.49. The number of aromatic hydroxyl groups is 2. The number of phenols is 2. The molecule has 2 aromatic carbocycles. The molecule has 0 radical (unpaired) electrons. The average Bonchev–Trinajstić information content (AvgIpc) is 2.62. The van der Waals surface area contributed by atoms with Crippen LogP contribution in [-0.4, -0.2) is 28.4 Å². The van der Waals surface area contributed by atoms with Crippen molar-refractivity contribution < 1.29 is 19.7 Å². The molecule has 0 aromatic heterocycles. The van der Waals surface area contributed by atoms with E-state index in [9.17, 15) is 10.2 Å². The Morgan fingerprint density at radius 2 is 1.68 bits per heavy atom. The third-order valence-corrected chi connectivity index (χ3v) is 3.82. The minimum Gasteiger partial charge on any atom is -0.504 e. The Labute approximate surface area is 160 Å². The summed E-state index contributed by atoms with van der Waals surface area (Å²) < 4.78 is 11.9. The van der Waals surface area contributed by atoms with Gasteiger partial charge >= 0.3 is 0 Å². The van der Waals surface area contributed by atoms with Crippen LogP contribution in [0.15, 0.2) is 52.6 Å². The first-order valence-corrected chi connectivity index (χ1v) is 8.17. The molecule has 1 heterocycles. The lowest BCUT2D eigenvalue weighted by Crippen LogP contribution is -2.35. The van der Waals surface area contributed by atoms with Gasteiger partial charge in [0.05, 0.1) is 0 Å². The van der Waals surface area contributed by atoms with Crippen molar-refractivity contribution in [2.45, 2.75) is 12.3 Å². The van der Waals surface area contributed by atoms with Crippen LogP contribution >= 0.6 is 0 Å². The van der Waals surface area contributed by atoms with Crippen molar-refractivity contribution in [2.24, 2.45) is 32.9 Å². The van der Waals surface area contributed by atoms with Crippen molar-refractivity contribution in [1.82, 2.24) is 0 Å². The lowest BCUT2D eigenvalue weighted by atomic mass is 10.1. The predicted octanol–water partition coefficient (Wildman–Crippen LogP) is 0.454. The van der Waals surface area contributed by atoms with Gasteiger partial charge in [-0.15, -0.1) is 0 Å². The molecule has 0 amide bonds. The molecule has 146 valence electrons. The highest BCUT2D eigenvalue weighted by molar-refractivity contribution is 5.77. The lowest BCUT2D eigenvalue weighted by Gasteiger charge is -2.32. The standard InChI is InChI=1S/C18H20N6O4/c19-17(20)23-6-5-9-1-4-13-14(7-9)28-16(24-18(21)22)15(27-13)10-2-3-11(25)12(26)8-10/h1-8,15-16,25-26H,(H4,19,20,23)(H4,21,22,24)/t15-,16+/m1/s1. The van der Waals surface area contributed by atoms with Crippen molar-refractivity contribution in [3.05, 3.63) is 53.7 Å². The minimum atomic E-state index is -0.904. The molecular weight excluding hydrogens is 364 g/mol. The van der Waals surface area contributed by atoms with Gasteiger partial charge in [-0.25, -0.2) is 9.98 Å². The summed E-state index contributed by atoms with van der Waals surface area (Å²) >= 11 is 0. The minimum absolute atomic E-state index is 0.0541. The zero-order chi connectivity index (χ0) is 20.3. The van der Waals surface area contributed by atoms with Crippen molar-refractivity contribution >= 4 is 18.0 Å². The van der Waals surface area contributed by atoms with Gasteiger partial charge in [-0.05, 0) is 35.9 Å². The molecule has 1 aliphatic heterocycles. The first kappa shape index (κ1) is 18.7. The second-order valence-corrected chi connectivity index (χ2v) is 5.92. The highest BCUT2D eigenvalue weighted by Crippen LogP contribution is 2.42. The molecule has 0 spiro atoms. The van der Waals surface area contributed by atoms with E-state index in [1.54, 1.807) is 30.3 Å². The van der Waals surface area contributed by atoms with Gasteiger partial charge in [0, 0.05) is 11.8 Å². The maximum Gasteiger partial charge on any atom is 0.234 e. The molecule has 10 nitrogen and oxygen atoms in total. The maximum atomic E-state index is 9.78. The molecule has 0 unspecified atom stereocenters. The number of guanidine groups is 2. The molecule has 3 rings (SSSR count). The summed E-state index contributed by atoms with van der Waals surface area (Å²) in [5, 5.41) is 19.3. The van der Waals surface area contributed by atoms with E-state index in [1.165, 1.54) is 18.3 Å². The summed E-state index contributed by atoms with van der Waals surface area (Å²) in [6.45, 7) is 0. The van der Waals surface area contributed by atoms with Gasteiger partial charge in [0.1, 0.15) is 0 Å². The molecule has 2 atom stereocenters. The predicted molar refractivity (Wildman–Crippen MR) is 105 cm³/mol. The Balaban J connectivity index is 1.95. The number of aliphatic imine (C=N–C) groups is 2. The van der Waals surface area contributed by atoms with Crippen molar-refractivity contribution in [3.8, 4) is 23.0 Å². The van der Waals surface area contributed by atoms with Gasteiger partial charge in [0.15, 0.2) is 41.0 Å². The smallest absolute Gasteiger partial charge is 0.234 e. The van der Waals surface area contributed by atoms with Gasteiger partial charge in [-0.1, -0.05) is 12.1 Å². The topological polar surface area (TPSA) is 188 Å². The summed E-state index contributed by atoms with van der Waals surface area (Å²) in [5.74, 6) is 0.0854. The zero-order valence-electron chi connectivity index (χ0n) is 14.7. The number of hydrogen-bond donors (Lipinski definition) is 6. The van der Waals surface area contributed by atoms with Crippen LogP contribution in [0.5, 0.6) is 23.0 Å². The first-order chi connectivity index (χ1) is 13.3. The van der Waals surface area contributed by atoms with Crippen LogP contribution in [-0.2, 0) is 0 Å². The van der Waals surface area contributed by atoms with Gasteiger partial charge in [-0.2, -0.15) is 0 Å². The molecule has 0 aliphatic carbocycles.